The van der Waals surface area contributed by atoms with Gasteiger partial charge >= 0.3 is 0 Å². The quantitative estimate of drug-likeness (QED) is 0.0160. The number of unbranched alkanes of at least 4 members (excludes halogenated alkanes) is 84. The maximum atomic E-state index is 12.1. The van der Waals surface area contributed by atoms with E-state index < -0.39 is 0 Å². The van der Waals surface area contributed by atoms with Gasteiger partial charge in [0.2, 0.25) is 0 Å². The van der Waals surface area contributed by atoms with Gasteiger partial charge in [-0.15, -0.1) is 0 Å². The number of carbonyl (C=O) groups is 2. The fourth-order valence-electron chi connectivity index (χ4n) is 21.9. The molecule has 0 unspecified atom stereocenters. The van der Waals surface area contributed by atoms with Crippen LogP contribution in [0.1, 0.15) is 658 Å². The lowest BCUT2D eigenvalue weighted by molar-refractivity contribution is -0.120. The van der Waals surface area contributed by atoms with E-state index in [0.717, 1.165) is 95.7 Å². The van der Waals surface area contributed by atoms with Gasteiger partial charge < -0.3 is 39.0 Å². The van der Waals surface area contributed by atoms with Crippen LogP contribution in [-0.2, 0) is 9.59 Å². The van der Waals surface area contributed by atoms with Gasteiger partial charge in [0, 0.05) is 76.0 Å². The number of hydrogen-bond acceptors (Lipinski definition) is 8. The SMILES string of the molecule is CCCCCCCCCCCCCCCCCC(=O)CCCCCCCCCCCCCCCCC.CCCCCCCCCCCCCCCCCC(=O)CCCCCCCCCCCCCCCCC.CCCCCCCCCCCCCCCCCC1(CCCCCCCCCCCCCCCCC)Nc2cccc3cccc(c23)N1.Nc1cccc2cccc(N)c12.Nc1cccc2cccc(N)c12.O. The van der Waals surface area contributed by atoms with Crippen molar-refractivity contribution in [3.05, 3.63) is 109 Å². The van der Waals surface area contributed by atoms with Crippen LogP contribution in [0, 0.1) is 0 Å². The number of hydrogen-bond donors (Lipinski definition) is 6. The van der Waals surface area contributed by atoms with Crippen molar-refractivity contribution in [2.45, 2.75) is 664 Å². The van der Waals surface area contributed by atoms with Crippen molar-refractivity contribution < 1.29 is 15.1 Å². The summed E-state index contributed by atoms with van der Waals surface area (Å²) in [5.74, 6) is 1.05. The predicted molar refractivity (Wildman–Crippen MR) is 650 cm³/mol. The van der Waals surface area contributed by atoms with Crippen molar-refractivity contribution in [3.63, 3.8) is 0 Å². The molecule has 144 heavy (non-hydrogen) atoms. The molecule has 1 heterocycles. The highest BCUT2D eigenvalue weighted by atomic mass is 16.1. The molecule has 0 fully saturated rings. The highest BCUT2D eigenvalue weighted by Crippen LogP contribution is 2.42. The van der Waals surface area contributed by atoms with Crippen molar-refractivity contribution in [1.29, 1.82) is 0 Å². The number of Topliss-reactive ketones (excluding diaryl/α,β-unsaturated/α-hetero) is 2. The van der Waals surface area contributed by atoms with Crippen molar-refractivity contribution in [1.82, 2.24) is 0 Å². The lowest BCUT2D eigenvalue weighted by Gasteiger charge is -2.42. The monoisotopic (exact) mass is 1990 g/mol. The summed E-state index contributed by atoms with van der Waals surface area (Å²) >= 11 is 0. The van der Waals surface area contributed by atoms with Gasteiger partial charge in [-0.25, -0.2) is 0 Å². The summed E-state index contributed by atoms with van der Waals surface area (Å²) in [5, 5.41) is 14.9. The van der Waals surface area contributed by atoms with Gasteiger partial charge in [0.25, 0.3) is 0 Å². The number of rotatable bonds is 96. The Kier molecular flexibility index (Phi) is 94.8. The maximum Gasteiger partial charge on any atom is 0.132 e. The molecule has 0 atom stereocenters. The minimum Gasteiger partial charge on any atom is -0.412 e. The first-order valence-corrected chi connectivity index (χ1v) is 63.6. The molecule has 0 amide bonds. The lowest BCUT2D eigenvalue weighted by Crippen LogP contribution is -2.48. The van der Waals surface area contributed by atoms with E-state index in [0.29, 0.717) is 11.6 Å². The first-order chi connectivity index (χ1) is 70.5. The molecular weight excluding hydrogens is 1750 g/mol. The largest absolute Gasteiger partial charge is 0.412 e. The van der Waals surface area contributed by atoms with Gasteiger partial charge in [-0.3, -0.25) is 9.59 Å². The standard InChI is InChI=1S/C45H78N2.2C35H70O.2C10H10N2.H2O/c1-3-5-7-9-11-13-15-17-19-21-23-25-27-29-31-39-45(46-42-37-33-35-41-36-34-38-43(47-45)44(41)42)40-32-30-28-26-24-22-20-18-16-14-12-10-8-6-4-2;2*1-3-5-7-9-11-13-15-17-19-21-23-25-27-29-31-33-35(36)34-32-30-28-26-24-22-20-18-16-14-12-10-8-6-4-2;2*11-8-5-1-3-7-4-2-6-9(12)10(7)8;/h33-38,46-47H,3-32,39-40H2,1-2H3;2*3-34H2,1-2H3;2*1-6H,11-12H2;1H2. The topological polar surface area (TPSA) is 194 Å². The molecule has 0 saturated heterocycles. The van der Waals surface area contributed by atoms with Gasteiger partial charge in [-0.2, -0.15) is 0 Å². The molecular formula is C135H240N6O3. The Bertz CT molecular complexity index is 3370. The molecule has 7 rings (SSSR count). The Morgan fingerprint density at radius 3 is 0.465 bits per heavy atom. The molecule has 828 valence electrons. The number of ketones is 2. The van der Waals surface area contributed by atoms with Crippen LogP contribution in [0.25, 0.3) is 32.3 Å². The molecule has 1 aliphatic rings. The molecule has 6 aromatic rings. The second kappa shape index (κ2) is 102. The Labute approximate surface area is 893 Å². The third kappa shape index (κ3) is 76.7. The van der Waals surface area contributed by atoms with E-state index in [1.807, 2.05) is 72.8 Å². The summed E-state index contributed by atoms with van der Waals surface area (Å²) < 4.78 is 0. The summed E-state index contributed by atoms with van der Waals surface area (Å²) in [6.45, 7) is 13.8. The van der Waals surface area contributed by atoms with E-state index in [-0.39, 0.29) is 11.1 Å². The zero-order valence-electron chi connectivity index (χ0n) is 96.4. The third-order valence-corrected chi connectivity index (χ3v) is 31.2. The molecule has 0 aliphatic carbocycles. The van der Waals surface area contributed by atoms with Crippen molar-refractivity contribution >= 4 is 78.0 Å². The summed E-state index contributed by atoms with van der Waals surface area (Å²) in [7, 11) is 0. The smallest absolute Gasteiger partial charge is 0.132 e. The number of fused-ring (bicyclic) bond motifs is 2. The number of carbonyl (C=O) groups excluding carboxylic acids is 2. The molecule has 9 nitrogen and oxygen atoms in total. The molecule has 0 radical (unpaired) electrons. The normalized spacial score (nSPS) is 11.8. The van der Waals surface area contributed by atoms with Crippen LogP contribution in [0.5, 0.6) is 0 Å². The first-order valence-electron chi connectivity index (χ1n) is 63.6. The van der Waals surface area contributed by atoms with Crippen LogP contribution in [-0.4, -0.2) is 22.7 Å². The molecule has 1 aliphatic heterocycles. The summed E-state index contributed by atoms with van der Waals surface area (Å²) in [5.41, 5.74) is 28.7. The fraction of sp³-hybridized carbons (Fsp3) is 0.763. The van der Waals surface area contributed by atoms with E-state index in [1.165, 1.54) is 587 Å². The number of nitrogen functional groups attached to an aromatic ring is 4. The van der Waals surface area contributed by atoms with Crippen molar-refractivity contribution in [3.8, 4) is 0 Å². The lowest BCUT2D eigenvalue weighted by atomic mass is 9.90. The van der Waals surface area contributed by atoms with Gasteiger partial charge in [-0.1, -0.05) is 654 Å². The fourth-order valence-corrected chi connectivity index (χ4v) is 21.9. The first kappa shape index (κ1) is 134. The summed E-state index contributed by atoms with van der Waals surface area (Å²) in [4.78, 5) is 24.2. The maximum absolute atomic E-state index is 12.1. The Morgan fingerprint density at radius 2 is 0.312 bits per heavy atom. The molecule has 9 heteroatoms. The van der Waals surface area contributed by atoms with Crippen LogP contribution >= 0.6 is 0 Å². The minimum atomic E-state index is -0.00425. The average molecular weight is 2000 g/mol. The van der Waals surface area contributed by atoms with Crippen LogP contribution in [0.3, 0.4) is 0 Å². The highest BCUT2D eigenvalue weighted by Gasteiger charge is 2.33. The van der Waals surface area contributed by atoms with Gasteiger partial charge in [0.15, 0.2) is 0 Å². The summed E-state index contributed by atoms with van der Waals surface area (Å²) in [6, 6.07) is 36.7. The Hall–Kier alpha value is -5.80. The van der Waals surface area contributed by atoms with Gasteiger partial charge in [0.1, 0.15) is 17.2 Å². The van der Waals surface area contributed by atoms with E-state index in [9.17, 15) is 9.59 Å². The second-order valence-corrected chi connectivity index (χ2v) is 44.9. The predicted octanol–water partition coefficient (Wildman–Crippen LogP) is 45.2. The molecule has 0 saturated carbocycles. The highest BCUT2D eigenvalue weighted by molar-refractivity contribution is 6.05. The average Bonchev–Trinajstić information content (AvgIpc) is 0.755. The number of nitrogens with one attached hydrogen (secondary N) is 2. The van der Waals surface area contributed by atoms with Crippen LogP contribution < -0.4 is 33.6 Å². The van der Waals surface area contributed by atoms with E-state index in [2.05, 4.69) is 88.6 Å². The van der Waals surface area contributed by atoms with Crippen LogP contribution in [0.15, 0.2) is 109 Å². The zero-order chi connectivity index (χ0) is 103. The molecule has 6 aromatic carbocycles. The number of nitrogens with two attached hydrogens (primary N) is 4. The van der Waals surface area contributed by atoms with Crippen molar-refractivity contribution in [2.75, 3.05) is 33.6 Å². The Balaban J connectivity index is 0.000000653. The van der Waals surface area contributed by atoms with E-state index in [4.69, 9.17) is 22.9 Å². The molecule has 0 spiro atoms. The van der Waals surface area contributed by atoms with E-state index in [1.54, 1.807) is 0 Å². The molecule has 0 bridgehead atoms. The van der Waals surface area contributed by atoms with Crippen molar-refractivity contribution in [2.24, 2.45) is 0 Å². The molecule has 0 aromatic heterocycles. The number of anilines is 6. The summed E-state index contributed by atoms with van der Waals surface area (Å²) in [6.07, 6.45) is 132. The van der Waals surface area contributed by atoms with Gasteiger partial charge in [-0.05, 0) is 104 Å². The number of benzene rings is 6. The third-order valence-electron chi connectivity index (χ3n) is 31.2. The van der Waals surface area contributed by atoms with E-state index >= 15 is 0 Å². The Morgan fingerprint density at radius 1 is 0.181 bits per heavy atom. The van der Waals surface area contributed by atoms with Gasteiger partial charge in [0.05, 0.1) is 0 Å². The second-order valence-electron chi connectivity index (χ2n) is 44.9. The van der Waals surface area contributed by atoms with Crippen LogP contribution in [0.4, 0.5) is 34.1 Å². The minimum absolute atomic E-state index is 0. The zero-order valence-corrected chi connectivity index (χ0v) is 96.4. The van der Waals surface area contributed by atoms with Crippen LogP contribution in [0.2, 0.25) is 0 Å². The molecule has 12 N–H and O–H groups in total.